The van der Waals surface area contributed by atoms with Gasteiger partial charge in [0.05, 0.1) is 64.0 Å². The molecule has 0 radical (unpaired) electrons. The molecule has 0 aliphatic rings. The van der Waals surface area contributed by atoms with Crippen LogP contribution in [0, 0.1) is 13.8 Å². The van der Waals surface area contributed by atoms with Crippen LogP contribution < -0.4 is 28.4 Å². The molecule has 0 amide bonds. The van der Waals surface area contributed by atoms with Crippen molar-refractivity contribution in [3.63, 3.8) is 0 Å². The monoisotopic (exact) mass is 1340 g/mol. The van der Waals surface area contributed by atoms with Gasteiger partial charge in [-0.2, -0.15) is 0 Å². The van der Waals surface area contributed by atoms with E-state index in [0.717, 1.165) is 157 Å². The highest BCUT2D eigenvalue weighted by molar-refractivity contribution is 5.91. The van der Waals surface area contributed by atoms with Gasteiger partial charge in [-0.3, -0.25) is 0 Å². The third-order valence-corrected chi connectivity index (χ3v) is 14.4. The summed E-state index contributed by atoms with van der Waals surface area (Å²) in [4.78, 5) is 67.6. The molecule has 0 atom stereocenters. The van der Waals surface area contributed by atoms with E-state index in [-0.39, 0.29) is 29.8 Å². The number of benzene rings is 6. The number of aryl methyl sites for hydroxylation is 4. The summed E-state index contributed by atoms with van der Waals surface area (Å²) in [7, 11) is 0. The summed E-state index contributed by atoms with van der Waals surface area (Å²) in [5, 5.41) is 0. The van der Waals surface area contributed by atoms with Crippen LogP contribution in [-0.4, -0.2) is 88.7 Å². The minimum atomic E-state index is -0.396. The Labute approximate surface area is 582 Å². The fourth-order valence-electron chi connectivity index (χ4n) is 8.92. The highest BCUT2D eigenvalue weighted by Crippen LogP contribution is 2.22. The molecule has 0 aromatic heterocycles. The molecule has 98 heavy (non-hydrogen) atoms. The Morgan fingerprint density at radius 2 is 0.500 bits per heavy atom. The largest absolute Gasteiger partial charge is 0.494 e. The van der Waals surface area contributed by atoms with Crippen molar-refractivity contribution in [3.8, 4) is 34.5 Å². The lowest BCUT2D eigenvalue weighted by atomic mass is 10.1. The van der Waals surface area contributed by atoms with Crippen LogP contribution in [0.15, 0.2) is 196 Å². The van der Waals surface area contributed by atoms with Crippen LogP contribution in [0.25, 0.3) is 0 Å². The van der Waals surface area contributed by atoms with Crippen LogP contribution in [0.1, 0.15) is 172 Å². The molecule has 16 heteroatoms. The molecule has 0 aliphatic carbocycles. The number of hydrogen-bond donors (Lipinski definition) is 0. The molecule has 0 unspecified atom stereocenters. The second-order valence-corrected chi connectivity index (χ2v) is 22.8. The molecule has 0 fully saturated rings. The number of rotatable bonds is 44. The topological polar surface area (TPSA) is 195 Å². The van der Waals surface area contributed by atoms with Gasteiger partial charge in [-0.15, -0.1) is 0 Å². The molecule has 16 nitrogen and oxygen atoms in total. The van der Waals surface area contributed by atoms with Crippen molar-refractivity contribution < 1.29 is 76.1 Å². The van der Waals surface area contributed by atoms with Crippen LogP contribution in [0.5, 0.6) is 34.5 Å². The van der Waals surface area contributed by atoms with E-state index >= 15 is 0 Å². The van der Waals surface area contributed by atoms with Crippen molar-refractivity contribution in [3.05, 3.63) is 230 Å². The van der Waals surface area contributed by atoms with Gasteiger partial charge in [0.2, 0.25) is 0 Å². The summed E-state index contributed by atoms with van der Waals surface area (Å²) in [5.74, 6) is 2.11. The summed E-state index contributed by atoms with van der Waals surface area (Å²) in [6, 6.07) is 45.2. The lowest BCUT2D eigenvalue weighted by Gasteiger charge is -2.08. The first-order chi connectivity index (χ1) is 47.7. The summed E-state index contributed by atoms with van der Waals surface area (Å²) in [6.45, 7) is 26.2. The first kappa shape index (κ1) is 82.5. The summed E-state index contributed by atoms with van der Waals surface area (Å²) < 4.78 is 53.1. The minimum Gasteiger partial charge on any atom is -0.494 e. The molecule has 0 bridgehead atoms. The summed E-state index contributed by atoms with van der Waals surface area (Å²) >= 11 is 0. The zero-order valence-corrected chi connectivity index (χ0v) is 58.3. The predicted octanol–water partition coefficient (Wildman–Crippen LogP) is 18.4. The smallest absolute Gasteiger partial charge is 0.343 e. The highest BCUT2D eigenvalue weighted by atomic mass is 16.6. The Kier molecular flexibility index (Phi) is 45.0. The van der Waals surface area contributed by atoms with Crippen molar-refractivity contribution in [2.24, 2.45) is 0 Å². The molecule has 528 valence electrons. The third-order valence-electron chi connectivity index (χ3n) is 14.4. The maximum absolute atomic E-state index is 12.2. The SMILES string of the molecule is C=CC(=O)OCCCCCCOc1ccc(C(=O)Oc2ccc(C)cc2)cc1.C=CC(=O)OCCCCCCOc1ccc(CCC)cc1.C=CC(=O)OCCCCCCOc1ccc(CCC)cc1.C=CC(=O)OCCCCCCOc1ccc(OC(=O)c2ccc(C)cc2)cc1. The molecular weight excluding hydrogens is 1240 g/mol. The fraction of sp³-hybridized carbons (Fsp3) is 0.390. The van der Waals surface area contributed by atoms with Gasteiger partial charge in [-0.05, 0) is 238 Å². The molecular formula is C82H104O16. The van der Waals surface area contributed by atoms with Crippen LogP contribution in [0.3, 0.4) is 0 Å². The van der Waals surface area contributed by atoms with Gasteiger partial charge < -0.3 is 47.4 Å². The normalized spacial score (nSPS) is 10.2. The third kappa shape index (κ3) is 40.6. The second kappa shape index (κ2) is 53.4. The second-order valence-electron chi connectivity index (χ2n) is 22.8. The van der Waals surface area contributed by atoms with Gasteiger partial charge in [0, 0.05) is 24.3 Å². The van der Waals surface area contributed by atoms with Crippen LogP contribution >= 0.6 is 0 Å². The van der Waals surface area contributed by atoms with Crippen molar-refractivity contribution in [1.29, 1.82) is 0 Å². The molecule has 0 saturated heterocycles. The number of esters is 6. The Morgan fingerprint density at radius 1 is 0.286 bits per heavy atom. The molecule has 0 aliphatic heterocycles. The number of unbranched alkanes of at least 4 members (excludes halogenated alkanes) is 12. The maximum atomic E-state index is 12.2. The van der Waals surface area contributed by atoms with Gasteiger partial charge in [-0.25, -0.2) is 28.8 Å². The van der Waals surface area contributed by atoms with Crippen molar-refractivity contribution in [1.82, 2.24) is 0 Å². The molecule has 6 aromatic carbocycles. The van der Waals surface area contributed by atoms with Gasteiger partial charge in [0.15, 0.2) is 0 Å². The van der Waals surface area contributed by atoms with E-state index in [1.165, 1.54) is 48.3 Å². The molecule has 6 rings (SSSR count). The molecule has 0 saturated carbocycles. The molecule has 0 N–H and O–H groups in total. The minimum absolute atomic E-state index is 0.343. The Hall–Kier alpha value is -9.70. The van der Waals surface area contributed by atoms with E-state index in [0.29, 0.717) is 68.0 Å². The number of carbonyl (C=O) groups excluding carboxylic acids is 6. The van der Waals surface area contributed by atoms with Crippen molar-refractivity contribution in [2.45, 2.75) is 156 Å². The predicted molar refractivity (Wildman–Crippen MR) is 387 cm³/mol. The summed E-state index contributed by atoms with van der Waals surface area (Å²) in [5.41, 5.74) is 5.91. The maximum Gasteiger partial charge on any atom is 0.343 e. The lowest BCUT2D eigenvalue weighted by molar-refractivity contribution is -0.138. The zero-order valence-electron chi connectivity index (χ0n) is 58.3. The summed E-state index contributed by atoms with van der Waals surface area (Å²) in [6.07, 6.45) is 24.8. The first-order valence-electron chi connectivity index (χ1n) is 34.3. The van der Waals surface area contributed by atoms with E-state index < -0.39 is 5.97 Å². The van der Waals surface area contributed by atoms with Crippen LogP contribution in [0.2, 0.25) is 0 Å². The van der Waals surface area contributed by atoms with Crippen molar-refractivity contribution >= 4 is 35.8 Å². The average molecular weight is 1350 g/mol. The quantitative estimate of drug-likeness (QED) is 0.0115. The number of hydrogen-bond acceptors (Lipinski definition) is 16. The van der Waals surface area contributed by atoms with Crippen molar-refractivity contribution in [2.75, 3.05) is 52.9 Å². The fourth-order valence-corrected chi connectivity index (χ4v) is 8.92. The van der Waals surface area contributed by atoms with E-state index in [1.54, 1.807) is 72.8 Å². The van der Waals surface area contributed by atoms with E-state index in [1.807, 2.05) is 62.4 Å². The van der Waals surface area contributed by atoms with E-state index in [9.17, 15) is 28.8 Å². The van der Waals surface area contributed by atoms with Gasteiger partial charge in [0.25, 0.3) is 0 Å². The van der Waals surface area contributed by atoms with E-state index in [4.69, 9.17) is 47.4 Å². The highest BCUT2D eigenvalue weighted by Gasteiger charge is 2.11. The van der Waals surface area contributed by atoms with Gasteiger partial charge >= 0.3 is 35.8 Å². The van der Waals surface area contributed by atoms with Crippen LogP contribution in [-0.2, 0) is 51.0 Å². The number of carbonyl (C=O) groups is 6. The zero-order chi connectivity index (χ0) is 71.1. The number of ether oxygens (including phenoxy) is 10. The first-order valence-corrected chi connectivity index (χ1v) is 34.3. The molecule has 0 heterocycles. The standard InChI is InChI=1S/2C23H26O5.2C18H26O3/c1-3-22(24)27-17-7-5-4-6-16-26-20-14-10-19(11-15-20)23(25)28-21-12-8-18(2)9-13-21;1-3-22(24)27-17-7-5-4-6-16-26-20-12-14-21(15-13-20)28-23(25)19-10-8-18(2)9-11-19;2*1-3-9-16-10-12-17(13-11-16)20-14-7-5-6-8-15-21-18(19)4-2/h2*3,8-15H,1,4-7,16-17H2,2H3;2*4,10-13H,2-3,5-9,14-15H2,1H3. The lowest BCUT2D eigenvalue weighted by Crippen LogP contribution is -2.08. The van der Waals surface area contributed by atoms with Gasteiger partial charge in [0.1, 0.15) is 34.5 Å². The Bertz CT molecular complexity index is 3110. The average Bonchev–Trinajstić information content (AvgIpc) is 0.944. The molecule has 6 aromatic rings. The molecule has 0 spiro atoms. The van der Waals surface area contributed by atoms with E-state index in [2.05, 4.69) is 64.4 Å². The van der Waals surface area contributed by atoms with Gasteiger partial charge in [-0.1, -0.05) is 113 Å². The van der Waals surface area contributed by atoms with Crippen LogP contribution in [0.4, 0.5) is 0 Å². The Balaban J connectivity index is 0.000000344. The Morgan fingerprint density at radius 3 is 0.765 bits per heavy atom.